The second-order valence-corrected chi connectivity index (χ2v) is 6.27. The molecule has 0 spiro atoms. The lowest BCUT2D eigenvalue weighted by Gasteiger charge is -2.24. The molecule has 0 aromatic heterocycles. The molecule has 1 aliphatic rings. The van der Waals surface area contributed by atoms with E-state index in [1.807, 2.05) is 13.8 Å². The number of nitrogens with one attached hydrogen (secondary N) is 1. The number of urea groups is 1. The number of amides is 2. The Bertz CT molecular complexity index is 347. The summed E-state index contributed by atoms with van der Waals surface area (Å²) in [5.41, 5.74) is 0. The number of hydrogen-bond donors (Lipinski definition) is 2. The minimum Gasteiger partial charge on any atom is -0.480 e. The molecule has 6 nitrogen and oxygen atoms in total. The van der Waals surface area contributed by atoms with Crippen molar-refractivity contribution in [1.82, 2.24) is 15.1 Å². The van der Waals surface area contributed by atoms with Gasteiger partial charge in [-0.2, -0.15) is 0 Å². The van der Waals surface area contributed by atoms with Crippen LogP contribution in [0.4, 0.5) is 4.79 Å². The van der Waals surface area contributed by atoms with Gasteiger partial charge in [0.2, 0.25) is 0 Å². The number of carbonyl (C=O) groups excluding carboxylic acids is 1. The van der Waals surface area contributed by atoms with Crippen molar-refractivity contribution in [2.24, 2.45) is 11.8 Å². The quantitative estimate of drug-likeness (QED) is 0.766. The Hall–Kier alpha value is -1.30. The maximum absolute atomic E-state index is 12.0. The minimum atomic E-state index is -0.971. The van der Waals surface area contributed by atoms with E-state index in [1.54, 1.807) is 11.9 Å². The number of carbonyl (C=O) groups is 2. The normalized spacial score (nSPS) is 20.9. The lowest BCUT2D eigenvalue weighted by atomic mass is 10.0. The van der Waals surface area contributed by atoms with E-state index >= 15 is 0 Å². The highest BCUT2D eigenvalue weighted by molar-refractivity contribution is 5.82. The molecule has 0 saturated carbocycles. The Morgan fingerprint density at radius 3 is 2.55 bits per heavy atom. The van der Waals surface area contributed by atoms with Crippen LogP contribution in [0.3, 0.4) is 0 Å². The third-order valence-electron chi connectivity index (χ3n) is 3.67. The fourth-order valence-electron chi connectivity index (χ4n) is 2.60. The van der Waals surface area contributed by atoms with Crippen molar-refractivity contribution in [1.29, 1.82) is 0 Å². The van der Waals surface area contributed by atoms with Gasteiger partial charge in [-0.1, -0.05) is 13.8 Å². The molecule has 1 unspecified atom stereocenters. The van der Waals surface area contributed by atoms with Crippen LogP contribution < -0.4 is 5.32 Å². The van der Waals surface area contributed by atoms with Crippen LogP contribution in [-0.4, -0.2) is 66.7 Å². The summed E-state index contributed by atoms with van der Waals surface area (Å²) >= 11 is 0. The Morgan fingerprint density at radius 2 is 2.10 bits per heavy atom. The summed E-state index contributed by atoms with van der Waals surface area (Å²) in [5.74, 6) is -0.268. The van der Waals surface area contributed by atoms with Gasteiger partial charge in [0.05, 0.1) is 0 Å². The van der Waals surface area contributed by atoms with Crippen molar-refractivity contribution in [3.63, 3.8) is 0 Å². The fraction of sp³-hybridized carbons (Fsp3) is 0.857. The summed E-state index contributed by atoms with van der Waals surface area (Å²) in [4.78, 5) is 27.0. The number of aliphatic carboxylic acids is 1. The van der Waals surface area contributed by atoms with E-state index in [4.69, 9.17) is 5.11 Å². The Kier molecular flexibility index (Phi) is 6.26. The predicted molar refractivity (Wildman–Crippen MR) is 77.6 cm³/mol. The highest BCUT2D eigenvalue weighted by Crippen LogP contribution is 2.15. The zero-order valence-corrected chi connectivity index (χ0v) is 12.9. The highest BCUT2D eigenvalue weighted by atomic mass is 16.4. The molecule has 1 aliphatic heterocycles. The van der Waals surface area contributed by atoms with Gasteiger partial charge >= 0.3 is 12.0 Å². The molecule has 1 heterocycles. The molecule has 1 rings (SSSR count). The molecule has 2 N–H and O–H groups in total. The smallest absolute Gasteiger partial charge is 0.326 e. The van der Waals surface area contributed by atoms with Crippen molar-refractivity contribution < 1.29 is 14.7 Å². The van der Waals surface area contributed by atoms with Crippen LogP contribution >= 0.6 is 0 Å². The number of carboxylic acid groups (broad SMARTS) is 1. The fourth-order valence-corrected chi connectivity index (χ4v) is 2.60. The first-order chi connectivity index (χ1) is 9.29. The van der Waals surface area contributed by atoms with Crippen molar-refractivity contribution in [3.05, 3.63) is 0 Å². The van der Waals surface area contributed by atoms with E-state index in [1.165, 1.54) is 0 Å². The summed E-state index contributed by atoms with van der Waals surface area (Å²) in [6.45, 7) is 6.61. The van der Waals surface area contributed by atoms with Gasteiger partial charge in [0, 0.05) is 20.1 Å². The van der Waals surface area contributed by atoms with Crippen molar-refractivity contribution in [2.45, 2.75) is 32.7 Å². The van der Waals surface area contributed by atoms with Crippen LogP contribution in [0.15, 0.2) is 0 Å². The number of rotatable bonds is 6. The summed E-state index contributed by atoms with van der Waals surface area (Å²) in [7, 11) is 3.80. The van der Waals surface area contributed by atoms with E-state index in [-0.39, 0.29) is 11.9 Å². The second-order valence-electron chi connectivity index (χ2n) is 6.27. The molecule has 1 fully saturated rings. The van der Waals surface area contributed by atoms with Gasteiger partial charge in [0.25, 0.3) is 0 Å². The Labute approximate surface area is 121 Å². The lowest BCUT2D eigenvalue weighted by Crippen LogP contribution is -2.48. The number of likely N-dealkylation sites (tertiary alicyclic amines) is 1. The average Bonchev–Trinajstić information content (AvgIpc) is 2.72. The van der Waals surface area contributed by atoms with Gasteiger partial charge in [0.1, 0.15) is 6.04 Å². The van der Waals surface area contributed by atoms with Crippen LogP contribution in [0.5, 0.6) is 0 Å². The Morgan fingerprint density at radius 1 is 1.45 bits per heavy atom. The first-order valence-corrected chi connectivity index (χ1v) is 7.22. The summed E-state index contributed by atoms with van der Waals surface area (Å²) in [5, 5.41) is 11.7. The van der Waals surface area contributed by atoms with E-state index in [0.717, 1.165) is 19.5 Å². The molecule has 0 radical (unpaired) electrons. The van der Waals surface area contributed by atoms with E-state index in [9.17, 15) is 9.59 Å². The minimum absolute atomic E-state index is 0.227. The summed E-state index contributed by atoms with van der Waals surface area (Å²) < 4.78 is 0. The maximum Gasteiger partial charge on any atom is 0.326 e. The number of nitrogens with zero attached hydrogens (tertiary/aromatic N) is 2. The molecule has 20 heavy (non-hydrogen) atoms. The van der Waals surface area contributed by atoms with Crippen molar-refractivity contribution in [2.75, 3.05) is 33.7 Å². The molecule has 2 atom stereocenters. The summed E-state index contributed by atoms with van der Waals surface area (Å²) in [6.07, 6.45) is 1.53. The molecule has 1 saturated heterocycles. The molecule has 6 heteroatoms. The first kappa shape index (κ1) is 16.8. The standard InChI is InChI=1S/C14H27N3O3/c1-10(2)7-12(13(18)19)15-14(20)17(4)9-11-5-6-16(3)8-11/h10-12H,5-9H2,1-4H3,(H,15,20)(H,18,19)/t11?,12-/m1/s1. The molecule has 2 amide bonds. The molecule has 0 aromatic rings. The van der Waals surface area contributed by atoms with Crippen LogP contribution in [0, 0.1) is 11.8 Å². The molecule has 0 aliphatic carbocycles. The number of carboxylic acids is 1. The SMILES string of the molecule is CC(C)C[C@@H](NC(=O)N(C)CC1CCN(C)C1)C(=O)O. The third-order valence-corrected chi connectivity index (χ3v) is 3.67. The molecule has 116 valence electrons. The molecule has 0 bridgehead atoms. The first-order valence-electron chi connectivity index (χ1n) is 7.22. The van der Waals surface area contributed by atoms with E-state index in [2.05, 4.69) is 17.3 Å². The van der Waals surface area contributed by atoms with E-state index in [0.29, 0.717) is 18.9 Å². The Balaban J connectivity index is 2.44. The molecule has 0 aromatic carbocycles. The maximum atomic E-state index is 12.0. The largest absolute Gasteiger partial charge is 0.480 e. The van der Waals surface area contributed by atoms with Crippen LogP contribution in [0.25, 0.3) is 0 Å². The van der Waals surface area contributed by atoms with E-state index < -0.39 is 12.0 Å². The van der Waals surface area contributed by atoms with Gasteiger partial charge in [-0.25, -0.2) is 9.59 Å². The zero-order valence-electron chi connectivity index (χ0n) is 12.9. The third kappa shape index (κ3) is 5.36. The van der Waals surface area contributed by atoms with Gasteiger partial charge < -0.3 is 20.2 Å². The van der Waals surface area contributed by atoms with Crippen molar-refractivity contribution >= 4 is 12.0 Å². The van der Waals surface area contributed by atoms with Gasteiger partial charge in [-0.15, -0.1) is 0 Å². The number of hydrogen-bond acceptors (Lipinski definition) is 3. The highest BCUT2D eigenvalue weighted by Gasteiger charge is 2.26. The van der Waals surface area contributed by atoms with Crippen LogP contribution in [0.1, 0.15) is 26.7 Å². The predicted octanol–water partition coefficient (Wildman–Crippen LogP) is 1.08. The topological polar surface area (TPSA) is 72.9 Å². The molecular weight excluding hydrogens is 258 g/mol. The van der Waals surface area contributed by atoms with Gasteiger partial charge in [-0.3, -0.25) is 0 Å². The molecular formula is C14H27N3O3. The second kappa shape index (κ2) is 7.47. The monoisotopic (exact) mass is 285 g/mol. The van der Waals surface area contributed by atoms with Crippen LogP contribution in [0.2, 0.25) is 0 Å². The average molecular weight is 285 g/mol. The lowest BCUT2D eigenvalue weighted by molar-refractivity contribution is -0.139. The van der Waals surface area contributed by atoms with Crippen molar-refractivity contribution in [3.8, 4) is 0 Å². The van der Waals surface area contributed by atoms with Crippen LogP contribution in [-0.2, 0) is 4.79 Å². The zero-order chi connectivity index (χ0) is 15.3. The van der Waals surface area contributed by atoms with Gasteiger partial charge in [0.15, 0.2) is 0 Å². The summed E-state index contributed by atoms with van der Waals surface area (Å²) in [6, 6.07) is -1.11. The van der Waals surface area contributed by atoms with Gasteiger partial charge in [-0.05, 0) is 38.3 Å².